The van der Waals surface area contributed by atoms with Crippen LogP contribution < -0.4 is 4.74 Å². The van der Waals surface area contributed by atoms with E-state index in [2.05, 4.69) is 4.98 Å². The predicted molar refractivity (Wildman–Crippen MR) is 106 cm³/mol. The summed E-state index contributed by atoms with van der Waals surface area (Å²) >= 11 is 0. The molecule has 0 bridgehead atoms. The van der Waals surface area contributed by atoms with Crippen LogP contribution in [-0.4, -0.2) is 73.6 Å². The Balaban J connectivity index is 1.20. The summed E-state index contributed by atoms with van der Waals surface area (Å²) in [6, 6.07) is 7.90. The lowest BCUT2D eigenvalue weighted by atomic mass is 9.99. The summed E-state index contributed by atoms with van der Waals surface area (Å²) in [4.78, 5) is 18.9. The molecule has 5 rings (SSSR count). The molecule has 3 saturated heterocycles. The number of pyridine rings is 1. The third-order valence-corrected chi connectivity index (χ3v) is 6.02. The molecule has 1 amide bonds. The van der Waals surface area contributed by atoms with Gasteiger partial charge in [0.15, 0.2) is 0 Å². The Morgan fingerprint density at radius 2 is 1.83 bits per heavy atom. The van der Waals surface area contributed by atoms with Crippen molar-refractivity contribution in [2.24, 2.45) is 5.92 Å². The fourth-order valence-corrected chi connectivity index (χ4v) is 4.40. The van der Waals surface area contributed by atoms with Gasteiger partial charge < -0.3 is 23.8 Å². The van der Waals surface area contributed by atoms with E-state index < -0.39 is 0 Å². The van der Waals surface area contributed by atoms with E-state index in [9.17, 15) is 4.79 Å². The third-order valence-electron chi connectivity index (χ3n) is 6.02. The fraction of sp³-hybridized carbons (Fsp3) is 0.545. The Hall–Kier alpha value is -2.22. The van der Waals surface area contributed by atoms with Gasteiger partial charge in [0.1, 0.15) is 24.1 Å². The molecular formula is C22H26N2O5. The normalized spacial score (nSPS) is 26.3. The van der Waals surface area contributed by atoms with Crippen molar-refractivity contribution in [2.45, 2.75) is 31.2 Å². The minimum Gasteiger partial charge on any atom is -0.485 e. The first-order chi connectivity index (χ1) is 14.3. The van der Waals surface area contributed by atoms with Crippen molar-refractivity contribution in [3.05, 3.63) is 36.7 Å². The highest BCUT2D eigenvalue weighted by molar-refractivity contribution is 5.87. The molecule has 0 N–H and O–H groups in total. The van der Waals surface area contributed by atoms with Crippen molar-refractivity contribution in [3.8, 4) is 5.75 Å². The van der Waals surface area contributed by atoms with Crippen LogP contribution in [0.1, 0.15) is 12.8 Å². The second-order valence-electron chi connectivity index (χ2n) is 7.97. The summed E-state index contributed by atoms with van der Waals surface area (Å²) < 4.78 is 23.8. The molecule has 0 radical (unpaired) electrons. The molecule has 2 aromatic rings. The monoisotopic (exact) mass is 398 g/mol. The SMILES string of the molecule is O=C(C1CCOCC1)N1C[C@@H]2OCC(Oc3cccc4cnccc34)CO[C@H]2C1. The van der Waals surface area contributed by atoms with E-state index in [0.717, 1.165) is 29.4 Å². The third kappa shape index (κ3) is 3.95. The van der Waals surface area contributed by atoms with Gasteiger partial charge in [-0.2, -0.15) is 0 Å². The van der Waals surface area contributed by atoms with Crippen LogP contribution in [0.3, 0.4) is 0 Å². The quantitative estimate of drug-likeness (QED) is 0.788. The summed E-state index contributed by atoms with van der Waals surface area (Å²) in [6.45, 7) is 3.42. The molecule has 4 heterocycles. The zero-order chi connectivity index (χ0) is 19.6. The predicted octanol–water partition coefficient (Wildman–Crippen LogP) is 2.03. The van der Waals surface area contributed by atoms with E-state index in [0.29, 0.717) is 39.5 Å². The van der Waals surface area contributed by atoms with Crippen LogP contribution in [0.2, 0.25) is 0 Å². The summed E-state index contributed by atoms with van der Waals surface area (Å²) in [6.07, 6.45) is 4.85. The van der Waals surface area contributed by atoms with E-state index in [4.69, 9.17) is 18.9 Å². The number of aromatic nitrogens is 1. The number of hydrogen-bond acceptors (Lipinski definition) is 6. The number of benzene rings is 1. The second kappa shape index (κ2) is 8.26. The van der Waals surface area contributed by atoms with Crippen LogP contribution in [0.15, 0.2) is 36.7 Å². The molecule has 29 heavy (non-hydrogen) atoms. The molecule has 7 heteroatoms. The molecular weight excluding hydrogens is 372 g/mol. The lowest BCUT2D eigenvalue weighted by Crippen LogP contribution is -2.38. The highest BCUT2D eigenvalue weighted by Gasteiger charge is 2.41. The maximum absolute atomic E-state index is 12.8. The van der Waals surface area contributed by atoms with Crippen molar-refractivity contribution in [2.75, 3.05) is 39.5 Å². The molecule has 3 aliphatic heterocycles. The summed E-state index contributed by atoms with van der Waals surface area (Å²) in [5.41, 5.74) is 0. The van der Waals surface area contributed by atoms with Crippen LogP contribution >= 0.6 is 0 Å². The van der Waals surface area contributed by atoms with Gasteiger partial charge in [-0.25, -0.2) is 0 Å². The lowest BCUT2D eigenvalue weighted by molar-refractivity contribution is -0.138. The zero-order valence-corrected chi connectivity index (χ0v) is 16.4. The Bertz CT molecular complexity index is 848. The van der Waals surface area contributed by atoms with E-state index in [1.54, 1.807) is 6.20 Å². The second-order valence-corrected chi connectivity index (χ2v) is 7.97. The van der Waals surface area contributed by atoms with Gasteiger partial charge in [-0.15, -0.1) is 0 Å². The number of fused-ring (bicyclic) bond motifs is 2. The van der Waals surface area contributed by atoms with Crippen molar-refractivity contribution in [1.82, 2.24) is 9.88 Å². The van der Waals surface area contributed by atoms with E-state index >= 15 is 0 Å². The Labute approximate surface area is 169 Å². The maximum Gasteiger partial charge on any atom is 0.226 e. The van der Waals surface area contributed by atoms with Gasteiger partial charge >= 0.3 is 0 Å². The molecule has 0 spiro atoms. The summed E-state index contributed by atoms with van der Waals surface area (Å²) in [5.74, 6) is 1.10. The molecule has 0 aliphatic carbocycles. The van der Waals surface area contributed by atoms with Crippen LogP contribution in [0.25, 0.3) is 10.8 Å². The molecule has 154 valence electrons. The Morgan fingerprint density at radius 1 is 1.07 bits per heavy atom. The van der Waals surface area contributed by atoms with Gasteiger partial charge in [-0.05, 0) is 25.0 Å². The molecule has 1 aromatic heterocycles. The number of nitrogens with zero attached hydrogens (tertiary/aromatic N) is 2. The van der Waals surface area contributed by atoms with Crippen LogP contribution in [0.5, 0.6) is 5.75 Å². The fourth-order valence-electron chi connectivity index (χ4n) is 4.40. The van der Waals surface area contributed by atoms with Crippen molar-refractivity contribution >= 4 is 16.7 Å². The standard InChI is InChI=1S/C22H26N2O5/c25-22(15-5-8-26-9-6-15)24-11-20-21(12-24)28-14-17(13-27-20)29-19-3-1-2-16-10-23-7-4-18(16)19/h1-4,7,10,15,17,20-21H,5-6,8-9,11-14H2/t20-,21-/m0/s1. The maximum atomic E-state index is 12.8. The molecule has 0 unspecified atom stereocenters. The molecule has 1 aromatic carbocycles. The van der Waals surface area contributed by atoms with Gasteiger partial charge in [0.2, 0.25) is 5.91 Å². The van der Waals surface area contributed by atoms with Crippen LogP contribution in [0.4, 0.5) is 0 Å². The summed E-state index contributed by atoms with van der Waals surface area (Å²) in [5, 5.41) is 2.07. The van der Waals surface area contributed by atoms with Crippen LogP contribution in [-0.2, 0) is 19.0 Å². The average Bonchev–Trinajstić information content (AvgIpc) is 3.10. The first kappa shape index (κ1) is 18.8. The van der Waals surface area contributed by atoms with Crippen molar-refractivity contribution in [3.63, 3.8) is 0 Å². The number of amides is 1. The molecule has 7 nitrogen and oxygen atoms in total. The van der Waals surface area contributed by atoms with Gasteiger partial charge in [-0.1, -0.05) is 12.1 Å². The van der Waals surface area contributed by atoms with Gasteiger partial charge in [-0.3, -0.25) is 9.78 Å². The number of hydrogen-bond donors (Lipinski definition) is 0. The van der Waals surface area contributed by atoms with Gasteiger partial charge in [0.25, 0.3) is 0 Å². The number of ether oxygens (including phenoxy) is 4. The molecule has 0 saturated carbocycles. The zero-order valence-electron chi connectivity index (χ0n) is 16.4. The van der Waals surface area contributed by atoms with Gasteiger partial charge in [0.05, 0.1) is 13.2 Å². The first-order valence-corrected chi connectivity index (χ1v) is 10.4. The van der Waals surface area contributed by atoms with Crippen molar-refractivity contribution in [1.29, 1.82) is 0 Å². The van der Waals surface area contributed by atoms with E-state index in [-0.39, 0.29) is 30.1 Å². The number of carbonyl (C=O) groups is 1. The minimum atomic E-state index is -0.181. The van der Waals surface area contributed by atoms with Crippen molar-refractivity contribution < 1.29 is 23.7 Å². The smallest absolute Gasteiger partial charge is 0.226 e. The molecule has 3 aliphatic rings. The van der Waals surface area contributed by atoms with Gasteiger partial charge in [0, 0.05) is 55.4 Å². The van der Waals surface area contributed by atoms with E-state index in [1.807, 2.05) is 35.4 Å². The average molecular weight is 398 g/mol. The Morgan fingerprint density at radius 3 is 2.59 bits per heavy atom. The lowest BCUT2D eigenvalue weighted by Gasteiger charge is -2.26. The largest absolute Gasteiger partial charge is 0.485 e. The Kier molecular flexibility index (Phi) is 5.35. The number of likely N-dealkylation sites (tertiary alicyclic amines) is 1. The number of carbonyl (C=O) groups excluding carboxylic acids is 1. The van der Waals surface area contributed by atoms with Crippen LogP contribution in [0, 0.1) is 5.92 Å². The highest BCUT2D eigenvalue weighted by atomic mass is 16.6. The summed E-state index contributed by atoms with van der Waals surface area (Å²) in [7, 11) is 0. The number of rotatable bonds is 3. The molecule has 2 atom stereocenters. The van der Waals surface area contributed by atoms with E-state index in [1.165, 1.54) is 0 Å². The minimum absolute atomic E-state index is 0.0722. The molecule has 3 fully saturated rings. The first-order valence-electron chi connectivity index (χ1n) is 10.4. The highest BCUT2D eigenvalue weighted by Crippen LogP contribution is 2.28. The topological polar surface area (TPSA) is 70.1 Å².